The van der Waals surface area contributed by atoms with Crippen LogP contribution in [0.2, 0.25) is 0 Å². The van der Waals surface area contributed by atoms with Crippen LogP contribution in [-0.4, -0.2) is 29.1 Å². The van der Waals surface area contributed by atoms with Gasteiger partial charge in [-0.15, -0.1) is 11.3 Å². The number of anilines is 1. The third-order valence-corrected chi connectivity index (χ3v) is 4.94. The summed E-state index contributed by atoms with van der Waals surface area (Å²) < 4.78 is 1.12. The molecule has 0 aliphatic carbocycles. The lowest BCUT2D eigenvalue weighted by Gasteiger charge is -2.30. The Kier molecular flexibility index (Phi) is 3.81. The SMILES string of the molecule is NC1CCN(c2nccc(-c3ccc(Br)s3)n2)CC1. The van der Waals surface area contributed by atoms with E-state index in [0.717, 1.165) is 46.2 Å². The molecular formula is C13H15BrN4S. The molecular weight excluding hydrogens is 324 g/mol. The van der Waals surface area contributed by atoms with Crippen LogP contribution in [0.25, 0.3) is 10.6 Å². The zero-order valence-electron chi connectivity index (χ0n) is 10.4. The van der Waals surface area contributed by atoms with Gasteiger partial charge in [-0.05, 0) is 47.0 Å². The van der Waals surface area contributed by atoms with Crippen molar-refractivity contribution in [3.63, 3.8) is 0 Å². The molecule has 0 spiro atoms. The van der Waals surface area contributed by atoms with E-state index in [9.17, 15) is 0 Å². The number of hydrogen-bond acceptors (Lipinski definition) is 5. The quantitative estimate of drug-likeness (QED) is 0.914. The summed E-state index contributed by atoms with van der Waals surface area (Å²) in [5.41, 5.74) is 6.91. The van der Waals surface area contributed by atoms with E-state index in [2.05, 4.69) is 36.9 Å². The van der Waals surface area contributed by atoms with Gasteiger partial charge in [0.2, 0.25) is 5.95 Å². The van der Waals surface area contributed by atoms with E-state index >= 15 is 0 Å². The Morgan fingerprint density at radius 2 is 2.05 bits per heavy atom. The third-order valence-electron chi connectivity index (χ3n) is 3.29. The molecule has 3 rings (SSSR count). The van der Waals surface area contributed by atoms with Crippen molar-refractivity contribution < 1.29 is 0 Å². The molecule has 0 radical (unpaired) electrons. The second kappa shape index (κ2) is 5.56. The first-order valence-corrected chi connectivity index (χ1v) is 7.92. The smallest absolute Gasteiger partial charge is 0.225 e. The predicted octanol–water partition coefficient (Wildman–Crippen LogP) is 2.90. The summed E-state index contributed by atoms with van der Waals surface area (Å²) in [6.45, 7) is 1.89. The van der Waals surface area contributed by atoms with Crippen molar-refractivity contribution in [2.45, 2.75) is 18.9 Å². The van der Waals surface area contributed by atoms with Crippen LogP contribution in [0.5, 0.6) is 0 Å². The molecule has 6 heteroatoms. The molecule has 3 heterocycles. The lowest BCUT2D eigenvalue weighted by atomic mass is 10.1. The summed E-state index contributed by atoms with van der Waals surface area (Å²) in [5.74, 6) is 0.814. The van der Waals surface area contributed by atoms with E-state index in [1.165, 1.54) is 0 Å². The topological polar surface area (TPSA) is 55.0 Å². The molecule has 1 saturated heterocycles. The van der Waals surface area contributed by atoms with E-state index < -0.39 is 0 Å². The maximum atomic E-state index is 5.93. The molecule has 0 atom stereocenters. The van der Waals surface area contributed by atoms with Crippen LogP contribution in [0.4, 0.5) is 5.95 Å². The maximum Gasteiger partial charge on any atom is 0.225 e. The fourth-order valence-corrected chi connectivity index (χ4v) is 3.55. The number of piperidine rings is 1. The summed E-state index contributed by atoms with van der Waals surface area (Å²) in [6.07, 6.45) is 3.86. The Labute approximate surface area is 124 Å². The second-order valence-corrected chi connectivity index (χ2v) is 7.13. The minimum atomic E-state index is 0.327. The van der Waals surface area contributed by atoms with Crippen LogP contribution >= 0.6 is 27.3 Å². The minimum Gasteiger partial charge on any atom is -0.341 e. The highest BCUT2D eigenvalue weighted by Gasteiger charge is 2.18. The summed E-state index contributed by atoms with van der Waals surface area (Å²) in [7, 11) is 0. The highest BCUT2D eigenvalue weighted by molar-refractivity contribution is 9.11. The zero-order valence-corrected chi connectivity index (χ0v) is 12.8. The van der Waals surface area contributed by atoms with E-state index in [1.807, 2.05) is 18.3 Å². The molecule has 2 N–H and O–H groups in total. The Morgan fingerprint density at radius 1 is 1.26 bits per heavy atom. The van der Waals surface area contributed by atoms with Gasteiger partial charge < -0.3 is 10.6 Å². The van der Waals surface area contributed by atoms with E-state index in [-0.39, 0.29) is 0 Å². The van der Waals surface area contributed by atoms with Gasteiger partial charge in [0.05, 0.1) is 14.4 Å². The lowest BCUT2D eigenvalue weighted by molar-refractivity contribution is 0.495. The number of aromatic nitrogens is 2. The van der Waals surface area contributed by atoms with Gasteiger partial charge in [0, 0.05) is 25.3 Å². The van der Waals surface area contributed by atoms with Crippen molar-refractivity contribution in [1.82, 2.24) is 9.97 Å². The number of hydrogen-bond donors (Lipinski definition) is 1. The fraction of sp³-hybridized carbons (Fsp3) is 0.385. The van der Waals surface area contributed by atoms with E-state index in [0.29, 0.717) is 6.04 Å². The molecule has 100 valence electrons. The van der Waals surface area contributed by atoms with Gasteiger partial charge in [-0.1, -0.05) is 0 Å². The largest absolute Gasteiger partial charge is 0.341 e. The average Bonchev–Trinajstić information content (AvgIpc) is 2.86. The predicted molar refractivity (Wildman–Crippen MR) is 82.5 cm³/mol. The molecule has 2 aromatic rings. The molecule has 4 nitrogen and oxygen atoms in total. The second-order valence-electron chi connectivity index (χ2n) is 4.67. The standard InChI is InChI=1S/C13H15BrN4S/c14-12-2-1-11(19-12)10-3-6-16-13(17-10)18-7-4-9(15)5-8-18/h1-3,6,9H,4-5,7-8,15H2. The van der Waals surface area contributed by atoms with Gasteiger partial charge >= 0.3 is 0 Å². The third kappa shape index (κ3) is 2.96. The maximum absolute atomic E-state index is 5.93. The van der Waals surface area contributed by atoms with Crippen LogP contribution in [-0.2, 0) is 0 Å². The number of nitrogens with two attached hydrogens (primary N) is 1. The van der Waals surface area contributed by atoms with Crippen molar-refractivity contribution in [1.29, 1.82) is 0 Å². The normalized spacial score (nSPS) is 16.8. The van der Waals surface area contributed by atoms with Gasteiger partial charge in [0.1, 0.15) is 0 Å². The number of nitrogens with zero attached hydrogens (tertiary/aromatic N) is 3. The van der Waals surface area contributed by atoms with Gasteiger partial charge in [0.15, 0.2) is 0 Å². The number of thiophene rings is 1. The van der Waals surface area contributed by atoms with Crippen molar-refractivity contribution in [2.24, 2.45) is 5.73 Å². The Hall–Kier alpha value is -0.980. The van der Waals surface area contributed by atoms with Crippen molar-refractivity contribution in [3.05, 3.63) is 28.2 Å². The van der Waals surface area contributed by atoms with Crippen LogP contribution in [0.15, 0.2) is 28.2 Å². The Morgan fingerprint density at radius 3 is 2.74 bits per heavy atom. The lowest BCUT2D eigenvalue weighted by Crippen LogP contribution is -2.40. The van der Waals surface area contributed by atoms with Crippen LogP contribution in [0.1, 0.15) is 12.8 Å². The van der Waals surface area contributed by atoms with Crippen molar-refractivity contribution in [3.8, 4) is 10.6 Å². The summed E-state index contributed by atoms with van der Waals surface area (Å²) in [6, 6.07) is 6.40. The summed E-state index contributed by atoms with van der Waals surface area (Å²) in [4.78, 5) is 12.4. The Balaban J connectivity index is 1.84. The van der Waals surface area contributed by atoms with Gasteiger partial charge in [0.25, 0.3) is 0 Å². The van der Waals surface area contributed by atoms with E-state index in [4.69, 9.17) is 5.73 Å². The highest BCUT2D eigenvalue weighted by atomic mass is 79.9. The molecule has 0 bridgehead atoms. The van der Waals surface area contributed by atoms with Gasteiger partial charge in [-0.3, -0.25) is 0 Å². The number of halogens is 1. The zero-order chi connectivity index (χ0) is 13.2. The van der Waals surface area contributed by atoms with Crippen LogP contribution < -0.4 is 10.6 Å². The summed E-state index contributed by atoms with van der Waals surface area (Å²) in [5, 5.41) is 0. The van der Waals surface area contributed by atoms with Crippen molar-refractivity contribution in [2.75, 3.05) is 18.0 Å². The molecule has 0 unspecified atom stereocenters. The molecule has 1 aliphatic rings. The first kappa shape index (κ1) is 13.0. The number of rotatable bonds is 2. The monoisotopic (exact) mass is 338 g/mol. The van der Waals surface area contributed by atoms with Gasteiger partial charge in [-0.25, -0.2) is 9.97 Å². The average molecular weight is 339 g/mol. The van der Waals surface area contributed by atoms with E-state index in [1.54, 1.807) is 11.3 Å². The minimum absolute atomic E-state index is 0.327. The molecule has 0 aromatic carbocycles. The first-order valence-electron chi connectivity index (χ1n) is 6.31. The highest BCUT2D eigenvalue weighted by Crippen LogP contribution is 2.30. The van der Waals surface area contributed by atoms with Gasteiger partial charge in [-0.2, -0.15) is 0 Å². The molecule has 19 heavy (non-hydrogen) atoms. The Bertz CT molecular complexity index is 563. The van der Waals surface area contributed by atoms with Crippen molar-refractivity contribution >= 4 is 33.2 Å². The summed E-state index contributed by atoms with van der Waals surface area (Å²) >= 11 is 5.17. The fourth-order valence-electron chi connectivity index (χ4n) is 2.19. The molecule has 0 amide bonds. The first-order chi connectivity index (χ1) is 9.22. The molecule has 1 fully saturated rings. The molecule has 0 saturated carbocycles. The van der Waals surface area contributed by atoms with Crippen LogP contribution in [0, 0.1) is 0 Å². The molecule has 1 aliphatic heterocycles. The van der Waals surface area contributed by atoms with Crippen LogP contribution in [0.3, 0.4) is 0 Å². The molecule has 2 aromatic heterocycles.